The van der Waals surface area contributed by atoms with Crippen LogP contribution in [0.1, 0.15) is 92.4 Å². The van der Waals surface area contributed by atoms with Crippen molar-refractivity contribution in [1.29, 1.82) is 0 Å². The van der Waals surface area contributed by atoms with E-state index in [1.54, 1.807) is 0 Å². The predicted molar refractivity (Wildman–Crippen MR) is 103 cm³/mol. The number of carbonyl (C=O) groups excluding carboxylic acids is 1. The molecule has 0 bridgehead atoms. The Morgan fingerprint density at radius 2 is 1.52 bits per heavy atom. The summed E-state index contributed by atoms with van der Waals surface area (Å²) in [5, 5.41) is 10.1. The van der Waals surface area contributed by atoms with Gasteiger partial charge in [-0.05, 0) is 99.2 Å². The van der Waals surface area contributed by atoms with E-state index in [0.29, 0.717) is 17.1 Å². The summed E-state index contributed by atoms with van der Waals surface area (Å²) >= 11 is 0. The summed E-state index contributed by atoms with van der Waals surface area (Å²) in [6, 6.07) is 0. The standard InChI is InChI=1S/C21H34O2.C2H6/c1-13(22)17-6-7-18-16-5-4-14-12-15(23)8-10-20(14,2)19(16)9-11-21(17,18)3;1-2/h14-19,23H,4-12H2,1-3H3;1-2H3/t14?,15?,16?,17-,18?,19?,20?,21?;/m1./s1. The van der Waals surface area contributed by atoms with Gasteiger partial charge in [-0.25, -0.2) is 0 Å². The molecule has 0 heterocycles. The fourth-order valence-electron chi connectivity index (χ4n) is 7.90. The number of hydrogen-bond acceptors (Lipinski definition) is 2. The second-order valence-electron chi connectivity index (χ2n) is 9.87. The maximum Gasteiger partial charge on any atom is 0.133 e. The first-order valence-corrected chi connectivity index (χ1v) is 11.0. The third kappa shape index (κ3) is 2.91. The summed E-state index contributed by atoms with van der Waals surface area (Å²) in [7, 11) is 0. The van der Waals surface area contributed by atoms with Crippen molar-refractivity contribution in [2.75, 3.05) is 0 Å². The molecule has 25 heavy (non-hydrogen) atoms. The molecule has 0 amide bonds. The van der Waals surface area contributed by atoms with Crippen molar-refractivity contribution in [3.05, 3.63) is 0 Å². The van der Waals surface area contributed by atoms with E-state index in [4.69, 9.17) is 0 Å². The Balaban J connectivity index is 0.000000880. The Morgan fingerprint density at radius 1 is 0.880 bits per heavy atom. The Labute approximate surface area is 155 Å². The molecule has 7 unspecified atom stereocenters. The van der Waals surface area contributed by atoms with Gasteiger partial charge in [0.1, 0.15) is 5.78 Å². The van der Waals surface area contributed by atoms with Gasteiger partial charge in [0.2, 0.25) is 0 Å². The SMILES string of the molecule is CC.CC(=O)[C@H]1CCC2C3CCC4CC(O)CCC4(C)C3CCC21C. The summed E-state index contributed by atoms with van der Waals surface area (Å²) in [4.78, 5) is 12.2. The molecule has 0 radical (unpaired) electrons. The third-order valence-electron chi connectivity index (χ3n) is 9.13. The third-order valence-corrected chi connectivity index (χ3v) is 9.13. The van der Waals surface area contributed by atoms with Crippen LogP contribution < -0.4 is 0 Å². The Bertz CT molecular complexity index is 500. The smallest absolute Gasteiger partial charge is 0.133 e. The lowest BCUT2D eigenvalue weighted by Gasteiger charge is -2.60. The van der Waals surface area contributed by atoms with E-state index in [9.17, 15) is 9.90 Å². The molecule has 0 aromatic carbocycles. The molecule has 1 N–H and O–H groups in total. The van der Waals surface area contributed by atoms with Crippen LogP contribution in [-0.2, 0) is 4.79 Å². The van der Waals surface area contributed by atoms with E-state index < -0.39 is 0 Å². The van der Waals surface area contributed by atoms with Gasteiger partial charge in [-0.2, -0.15) is 0 Å². The number of carbonyl (C=O) groups is 1. The zero-order chi connectivity index (χ0) is 18.4. The highest BCUT2D eigenvalue weighted by Crippen LogP contribution is 2.67. The lowest BCUT2D eigenvalue weighted by molar-refractivity contribution is -0.138. The highest BCUT2D eigenvalue weighted by Gasteiger charge is 2.60. The van der Waals surface area contributed by atoms with Crippen molar-refractivity contribution >= 4 is 5.78 Å². The maximum atomic E-state index is 12.2. The van der Waals surface area contributed by atoms with Crippen LogP contribution in [0.2, 0.25) is 0 Å². The highest BCUT2D eigenvalue weighted by atomic mass is 16.3. The molecular weight excluding hydrogens is 308 g/mol. The fourth-order valence-corrected chi connectivity index (χ4v) is 7.90. The molecule has 0 spiro atoms. The molecule has 4 aliphatic rings. The average molecular weight is 349 g/mol. The number of fused-ring (bicyclic) bond motifs is 5. The minimum atomic E-state index is -0.0490. The molecule has 4 saturated carbocycles. The summed E-state index contributed by atoms with van der Waals surface area (Å²) in [6.45, 7) is 10.8. The molecule has 0 aliphatic heterocycles. The number of Topliss-reactive ketones (excluding diaryl/α,β-unsaturated/α-hetero) is 1. The normalized spacial score (nSPS) is 51.4. The van der Waals surface area contributed by atoms with Crippen molar-refractivity contribution in [3.8, 4) is 0 Å². The Hall–Kier alpha value is -0.370. The van der Waals surface area contributed by atoms with Gasteiger partial charge >= 0.3 is 0 Å². The minimum absolute atomic E-state index is 0.0490. The van der Waals surface area contributed by atoms with E-state index in [1.807, 2.05) is 20.8 Å². The van der Waals surface area contributed by atoms with Gasteiger partial charge in [-0.15, -0.1) is 0 Å². The van der Waals surface area contributed by atoms with Crippen molar-refractivity contribution in [3.63, 3.8) is 0 Å². The molecule has 4 fully saturated rings. The van der Waals surface area contributed by atoms with Crippen molar-refractivity contribution in [2.24, 2.45) is 40.4 Å². The molecule has 2 heteroatoms. The first-order chi connectivity index (χ1) is 11.9. The van der Waals surface area contributed by atoms with Crippen LogP contribution in [0.3, 0.4) is 0 Å². The topological polar surface area (TPSA) is 37.3 Å². The van der Waals surface area contributed by atoms with Crippen molar-refractivity contribution < 1.29 is 9.90 Å². The molecular formula is C23H40O2. The van der Waals surface area contributed by atoms with Gasteiger partial charge in [-0.1, -0.05) is 27.7 Å². The van der Waals surface area contributed by atoms with Gasteiger partial charge in [0.25, 0.3) is 0 Å². The van der Waals surface area contributed by atoms with E-state index in [0.717, 1.165) is 42.9 Å². The van der Waals surface area contributed by atoms with Crippen LogP contribution in [0.4, 0.5) is 0 Å². The van der Waals surface area contributed by atoms with E-state index in [-0.39, 0.29) is 11.5 Å². The van der Waals surface area contributed by atoms with Crippen LogP contribution in [0.15, 0.2) is 0 Å². The monoisotopic (exact) mass is 348 g/mol. The van der Waals surface area contributed by atoms with E-state index in [2.05, 4.69) is 13.8 Å². The van der Waals surface area contributed by atoms with Crippen LogP contribution >= 0.6 is 0 Å². The van der Waals surface area contributed by atoms with Crippen LogP contribution in [0.5, 0.6) is 0 Å². The summed E-state index contributed by atoms with van der Waals surface area (Å²) in [5.41, 5.74) is 0.738. The number of aliphatic hydroxyl groups is 1. The highest BCUT2D eigenvalue weighted by molar-refractivity contribution is 5.79. The first-order valence-electron chi connectivity index (χ1n) is 11.0. The van der Waals surface area contributed by atoms with E-state index >= 15 is 0 Å². The average Bonchev–Trinajstić information content (AvgIpc) is 2.95. The molecule has 2 nitrogen and oxygen atoms in total. The van der Waals surface area contributed by atoms with Gasteiger partial charge in [0.15, 0.2) is 0 Å². The van der Waals surface area contributed by atoms with Gasteiger partial charge in [0, 0.05) is 5.92 Å². The zero-order valence-electron chi connectivity index (χ0n) is 17.2. The quantitative estimate of drug-likeness (QED) is 0.667. The van der Waals surface area contributed by atoms with Gasteiger partial charge < -0.3 is 5.11 Å². The molecule has 0 aromatic rings. The summed E-state index contributed by atoms with van der Waals surface area (Å²) < 4.78 is 0. The molecule has 4 aliphatic carbocycles. The molecule has 4 rings (SSSR count). The molecule has 144 valence electrons. The van der Waals surface area contributed by atoms with Gasteiger partial charge in [0.05, 0.1) is 6.10 Å². The first kappa shape index (κ1) is 19.4. The number of rotatable bonds is 1. The van der Waals surface area contributed by atoms with Crippen LogP contribution in [-0.4, -0.2) is 17.0 Å². The van der Waals surface area contributed by atoms with Crippen molar-refractivity contribution in [2.45, 2.75) is 98.5 Å². The Kier molecular flexibility index (Phi) is 5.42. The molecule has 0 aromatic heterocycles. The van der Waals surface area contributed by atoms with Crippen LogP contribution in [0.25, 0.3) is 0 Å². The van der Waals surface area contributed by atoms with Crippen molar-refractivity contribution in [1.82, 2.24) is 0 Å². The number of aliphatic hydroxyl groups excluding tert-OH is 1. The van der Waals surface area contributed by atoms with Gasteiger partial charge in [-0.3, -0.25) is 4.79 Å². The maximum absolute atomic E-state index is 12.2. The predicted octanol–water partition coefficient (Wildman–Crippen LogP) is 5.62. The summed E-state index contributed by atoms with van der Waals surface area (Å²) in [6.07, 6.45) is 10.9. The lowest BCUT2D eigenvalue weighted by Crippen LogP contribution is -2.54. The van der Waals surface area contributed by atoms with E-state index in [1.165, 1.54) is 38.5 Å². The molecule has 8 atom stereocenters. The number of ketones is 1. The van der Waals surface area contributed by atoms with Crippen LogP contribution in [0, 0.1) is 40.4 Å². The fraction of sp³-hybridized carbons (Fsp3) is 0.957. The molecule has 0 saturated heterocycles. The second kappa shape index (κ2) is 6.98. The second-order valence-corrected chi connectivity index (χ2v) is 9.87. The summed E-state index contributed by atoms with van der Waals surface area (Å²) in [5.74, 6) is 3.97. The minimum Gasteiger partial charge on any atom is -0.393 e. The lowest BCUT2D eigenvalue weighted by atomic mass is 9.44. The number of hydrogen-bond donors (Lipinski definition) is 1. The zero-order valence-corrected chi connectivity index (χ0v) is 17.2. The largest absolute Gasteiger partial charge is 0.393 e. The Morgan fingerprint density at radius 3 is 2.20 bits per heavy atom.